The molecule has 0 atom stereocenters. The van der Waals surface area contributed by atoms with Gasteiger partial charge in [-0.3, -0.25) is 0 Å². The van der Waals surface area contributed by atoms with Crippen LogP contribution in [0.4, 0.5) is 0 Å². The van der Waals surface area contributed by atoms with E-state index in [-0.39, 0.29) is 6.61 Å². The highest BCUT2D eigenvalue weighted by Crippen LogP contribution is 2.18. The van der Waals surface area contributed by atoms with Crippen molar-refractivity contribution in [2.24, 2.45) is 0 Å². The van der Waals surface area contributed by atoms with Crippen molar-refractivity contribution in [1.29, 1.82) is 0 Å². The Kier molecular flexibility index (Phi) is 4.37. The van der Waals surface area contributed by atoms with Crippen LogP contribution >= 0.6 is 0 Å². The quantitative estimate of drug-likeness (QED) is 0.873. The first kappa shape index (κ1) is 12.7. The van der Waals surface area contributed by atoms with Crippen LogP contribution in [0.25, 0.3) is 0 Å². The molecule has 1 N–H and O–H groups in total. The topological polar surface area (TPSA) is 29.5 Å². The van der Waals surface area contributed by atoms with Gasteiger partial charge in [-0.25, -0.2) is 0 Å². The molecule has 2 aromatic rings. The molecule has 0 heterocycles. The first-order valence-electron chi connectivity index (χ1n) is 6.16. The SMILES string of the molecule is Cc1cccc(CCOc2ccccc2CO)c1. The lowest BCUT2D eigenvalue weighted by molar-refractivity contribution is 0.264. The Hall–Kier alpha value is -1.80. The summed E-state index contributed by atoms with van der Waals surface area (Å²) in [7, 11) is 0. The van der Waals surface area contributed by atoms with Crippen LogP contribution in [0.15, 0.2) is 48.5 Å². The van der Waals surface area contributed by atoms with Crippen molar-refractivity contribution in [3.05, 3.63) is 65.2 Å². The lowest BCUT2D eigenvalue weighted by Gasteiger charge is -2.10. The molecule has 0 fully saturated rings. The zero-order valence-electron chi connectivity index (χ0n) is 10.6. The second kappa shape index (κ2) is 6.22. The summed E-state index contributed by atoms with van der Waals surface area (Å²) in [4.78, 5) is 0. The molecule has 0 bridgehead atoms. The molecule has 0 aliphatic heterocycles. The molecule has 2 rings (SSSR count). The van der Waals surface area contributed by atoms with Gasteiger partial charge in [-0.2, -0.15) is 0 Å². The number of aliphatic hydroxyl groups excluding tert-OH is 1. The van der Waals surface area contributed by atoms with E-state index in [9.17, 15) is 5.11 Å². The molecule has 0 aliphatic rings. The molecule has 0 amide bonds. The Morgan fingerprint density at radius 1 is 1.06 bits per heavy atom. The van der Waals surface area contributed by atoms with Crippen LogP contribution in [0, 0.1) is 6.92 Å². The van der Waals surface area contributed by atoms with Crippen LogP contribution in [-0.4, -0.2) is 11.7 Å². The monoisotopic (exact) mass is 242 g/mol. The third-order valence-corrected chi connectivity index (χ3v) is 2.87. The molecule has 0 spiro atoms. The van der Waals surface area contributed by atoms with E-state index in [0.717, 1.165) is 17.7 Å². The van der Waals surface area contributed by atoms with Gasteiger partial charge in [0.15, 0.2) is 0 Å². The fraction of sp³-hybridized carbons (Fsp3) is 0.250. The van der Waals surface area contributed by atoms with Crippen LogP contribution in [0.3, 0.4) is 0 Å². The van der Waals surface area contributed by atoms with Gasteiger partial charge in [-0.15, -0.1) is 0 Å². The molecular weight excluding hydrogens is 224 g/mol. The highest BCUT2D eigenvalue weighted by atomic mass is 16.5. The van der Waals surface area contributed by atoms with Crippen molar-refractivity contribution in [2.75, 3.05) is 6.61 Å². The Bertz CT molecular complexity index is 506. The van der Waals surface area contributed by atoms with Crippen molar-refractivity contribution in [3.8, 4) is 5.75 Å². The molecule has 2 aromatic carbocycles. The van der Waals surface area contributed by atoms with Crippen molar-refractivity contribution in [1.82, 2.24) is 0 Å². The van der Waals surface area contributed by atoms with Crippen molar-refractivity contribution in [3.63, 3.8) is 0 Å². The van der Waals surface area contributed by atoms with Crippen LogP contribution in [0.1, 0.15) is 16.7 Å². The first-order chi connectivity index (χ1) is 8.79. The summed E-state index contributed by atoms with van der Waals surface area (Å²) >= 11 is 0. The molecular formula is C16H18O2. The Labute approximate surface area is 108 Å². The molecule has 0 unspecified atom stereocenters. The fourth-order valence-electron chi connectivity index (χ4n) is 1.92. The Morgan fingerprint density at radius 2 is 1.89 bits per heavy atom. The van der Waals surface area contributed by atoms with Gasteiger partial charge in [-0.1, -0.05) is 48.0 Å². The van der Waals surface area contributed by atoms with Gasteiger partial charge >= 0.3 is 0 Å². The van der Waals surface area contributed by atoms with Crippen LogP contribution in [-0.2, 0) is 13.0 Å². The molecule has 2 nitrogen and oxygen atoms in total. The molecule has 0 saturated heterocycles. The van der Waals surface area contributed by atoms with Gasteiger partial charge in [0.2, 0.25) is 0 Å². The minimum absolute atomic E-state index is 0.0145. The predicted molar refractivity (Wildman–Crippen MR) is 72.7 cm³/mol. The number of benzene rings is 2. The van der Waals surface area contributed by atoms with Crippen LogP contribution in [0.2, 0.25) is 0 Å². The number of aliphatic hydroxyl groups is 1. The molecule has 2 heteroatoms. The standard InChI is InChI=1S/C16H18O2/c1-13-5-4-6-14(11-13)9-10-18-16-8-3-2-7-15(16)12-17/h2-8,11,17H,9-10,12H2,1H3. The summed E-state index contributed by atoms with van der Waals surface area (Å²) in [5, 5.41) is 9.19. The smallest absolute Gasteiger partial charge is 0.124 e. The van der Waals surface area contributed by atoms with Gasteiger partial charge in [0.1, 0.15) is 5.75 Å². The minimum atomic E-state index is 0.0145. The maximum absolute atomic E-state index is 9.19. The third-order valence-electron chi connectivity index (χ3n) is 2.87. The van der Waals surface area contributed by atoms with E-state index in [0.29, 0.717) is 6.61 Å². The minimum Gasteiger partial charge on any atom is -0.493 e. The number of ether oxygens (including phenoxy) is 1. The molecule has 0 radical (unpaired) electrons. The maximum atomic E-state index is 9.19. The molecule has 0 aliphatic carbocycles. The van der Waals surface area contributed by atoms with Gasteiger partial charge in [0.05, 0.1) is 13.2 Å². The van der Waals surface area contributed by atoms with E-state index in [4.69, 9.17) is 4.74 Å². The normalized spacial score (nSPS) is 10.3. The zero-order valence-corrected chi connectivity index (χ0v) is 10.6. The summed E-state index contributed by atoms with van der Waals surface area (Å²) in [5.41, 5.74) is 3.38. The Balaban J connectivity index is 1.92. The second-order valence-electron chi connectivity index (χ2n) is 4.35. The summed E-state index contributed by atoms with van der Waals surface area (Å²) in [6.07, 6.45) is 0.876. The number of hydrogen-bond donors (Lipinski definition) is 1. The first-order valence-corrected chi connectivity index (χ1v) is 6.16. The van der Waals surface area contributed by atoms with E-state index in [1.165, 1.54) is 11.1 Å². The van der Waals surface area contributed by atoms with Gasteiger partial charge in [-0.05, 0) is 18.6 Å². The summed E-state index contributed by atoms with van der Waals surface area (Å²) in [6, 6.07) is 16.0. The highest BCUT2D eigenvalue weighted by molar-refractivity contribution is 5.32. The van der Waals surface area contributed by atoms with E-state index in [1.54, 1.807) is 0 Å². The Morgan fingerprint density at radius 3 is 2.67 bits per heavy atom. The predicted octanol–water partition coefficient (Wildman–Crippen LogP) is 3.11. The molecule has 94 valence electrons. The van der Waals surface area contributed by atoms with Gasteiger partial charge < -0.3 is 9.84 Å². The lowest BCUT2D eigenvalue weighted by atomic mass is 10.1. The number of hydrogen-bond acceptors (Lipinski definition) is 2. The molecule has 0 saturated carbocycles. The average molecular weight is 242 g/mol. The average Bonchev–Trinajstić information content (AvgIpc) is 2.39. The van der Waals surface area contributed by atoms with E-state index >= 15 is 0 Å². The number of para-hydroxylation sites is 1. The molecule has 0 aromatic heterocycles. The zero-order chi connectivity index (χ0) is 12.8. The van der Waals surface area contributed by atoms with Crippen molar-refractivity contribution >= 4 is 0 Å². The van der Waals surface area contributed by atoms with E-state index in [1.807, 2.05) is 24.3 Å². The van der Waals surface area contributed by atoms with Crippen molar-refractivity contribution < 1.29 is 9.84 Å². The van der Waals surface area contributed by atoms with E-state index in [2.05, 4.69) is 31.2 Å². The number of aryl methyl sites for hydroxylation is 1. The summed E-state index contributed by atoms with van der Waals surface area (Å²) in [6.45, 7) is 2.73. The molecule has 18 heavy (non-hydrogen) atoms. The van der Waals surface area contributed by atoms with Crippen LogP contribution in [0.5, 0.6) is 5.75 Å². The lowest BCUT2D eigenvalue weighted by Crippen LogP contribution is -2.03. The maximum Gasteiger partial charge on any atom is 0.124 e. The highest BCUT2D eigenvalue weighted by Gasteiger charge is 2.01. The third kappa shape index (κ3) is 3.34. The summed E-state index contributed by atoms with van der Waals surface area (Å²) < 4.78 is 5.71. The van der Waals surface area contributed by atoms with Crippen molar-refractivity contribution in [2.45, 2.75) is 20.0 Å². The largest absolute Gasteiger partial charge is 0.493 e. The number of rotatable bonds is 5. The van der Waals surface area contributed by atoms with Gasteiger partial charge in [0.25, 0.3) is 0 Å². The fourth-order valence-corrected chi connectivity index (χ4v) is 1.92. The second-order valence-corrected chi connectivity index (χ2v) is 4.35. The van der Waals surface area contributed by atoms with Gasteiger partial charge in [0, 0.05) is 12.0 Å². The summed E-state index contributed by atoms with van der Waals surface area (Å²) in [5.74, 6) is 0.771. The van der Waals surface area contributed by atoms with E-state index < -0.39 is 0 Å². The van der Waals surface area contributed by atoms with Crippen LogP contribution < -0.4 is 4.74 Å².